The van der Waals surface area contributed by atoms with E-state index in [-0.39, 0.29) is 17.9 Å². The maximum Gasteiger partial charge on any atom is 0.314 e. The minimum atomic E-state index is -0.776. The van der Waals surface area contributed by atoms with Crippen molar-refractivity contribution in [2.75, 3.05) is 33.2 Å². The van der Waals surface area contributed by atoms with E-state index >= 15 is 0 Å². The van der Waals surface area contributed by atoms with Gasteiger partial charge in [-0.1, -0.05) is 6.42 Å². The third kappa shape index (κ3) is 4.88. The summed E-state index contributed by atoms with van der Waals surface area (Å²) in [6, 6.07) is -0.167. The monoisotopic (exact) mass is 297 g/mol. The van der Waals surface area contributed by atoms with E-state index in [0.29, 0.717) is 19.0 Å². The Labute approximate surface area is 126 Å². The molecule has 0 aromatic rings. The second-order valence-corrected chi connectivity index (χ2v) is 6.76. The van der Waals surface area contributed by atoms with E-state index in [9.17, 15) is 9.59 Å². The molecule has 6 nitrogen and oxygen atoms in total. The summed E-state index contributed by atoms with van der Waals surface area (Å²) in [6.07, 6.45) is 5.35. The lowest BCUT2D eigenvalue weighted by atomic mass is 9.66. The fourth-order valence-electron chi connectivity index (χ4n) is 3.42. The molecule has 1 unspecified atom stereocenters. The Bertz CT molecular complexity index is 382. The van der Waals surface area contributed by atoms with Gasteiger partial charge in [-0.3, -0.25) is 4.79 Å². The highest BCUT2D eigenvalue weighted by Gasteiger charge is 2.39. The number of hydrogen-bond acceptors (Lipinski definition) is 3. The number of carboxylic acid groups (broad SMARTS) is 1. The number of aliphatic carboxylic acids is 1. The molecule has 0 aromatic carbocycles. The van der Waals surface area contributed by atoms with Crippen molar-refractivity contribution in [1.82, 2.24) is 15.5 Å². The molecule has 1 saturated heterocycles. The first kappa shape index (κ1) is 16.1. The number of urea groups is 1. The third-order valence-electron chi connectivity index (χ3n) is 4.84. The molecular weight excluding hydrogens is 270 g/mol. The van der Waals surface area contributed by atoms with Gasteiger partial charge in [0.15, 0.2) is 0 Å². The van der Waals surface area contributed by atoms with Gasteiger partial charge in [0.05, 0.1) is 6.42 Å². The average molecular weight is 297 g/mol. The van der Waals surface area contributed by atoms with Crippen LogP contribution in [0.3, 0.4) is 0 Å². The number of nitrogens with one attached hydrogen (secondary N) is 2. The number of carboxylic acids is 1. The number of rotatable bonds is 6. The quantitative estimate of drug-likeness (QED) is 0.689. The zero-order valence-corrected chi connectivity index (χ0v) is 12.9. The summed E-state index contributed by atoms with van der Waals surface area (Å²) < 4.78 is 0. The van der Waals surface area contributed by atoms with Gasteiger partial charge in [-0.05, 0) is 50.6 Å². The first-order valence-corrected chi connectivity index (χ1v) is 7.91. The largest absolute Gasteiger partial charge is 0.481 e. The van der Waals surface area contributed by atoms with Crippen LogP contribution in [0.4, 0.5) is 4.79 Å². The van der Waals surface area contributed by atoms with Crippen LogP contribution < -0.4 is 10.6 Å². The van der Waals surface area contributed by atoms with E-state index < -0.39 is 5.97 Å². The molecule has 2 rings (SSSR count). The first-order chi connectivity index (χ1) is 9.99. The van der Waals surface area contributed by atoms with Crippen molar-refractivity contribution in [2.24, 2.45) is 11.3 Å². The Balaban J connectivity index is 1.66. The van der Waals surface area contributed by atoms with Gasteiger partial charge >= 0.3 is 12.0 Å². The predicted molar refractivity (Wildman–Crippen MR) is 80.2 cm³/mol. The number of hydrogen-bond donors (Lipinski definition) is 3. The summed E-state index contributed by atoms with van der Waals surface area (Å²) in [5.74, 6) is -0.256. The molecule has 2 fully saturated rings. The van der Waals surface area contributed by atoms with Gasteiger partial charge in [0, 0.05) is 19.6 Å². The average Bonchev–Trinajstić information content (AvgIpc) is 2.39. The molecule has 120 valence electrons. The fraction of sp³-hybridized carbons (Fsp3) is 0.867. The zero-order valence-electron chi connectivity index (χ0n) is 12.9. The molecular formula is C15H27N3O3. The standard InChI is InChI=1S/C15H27N3O3/c1-18-7-2-4-12(10-18)9-16-14(21)17-11-15(5-3-6-15)8-13(19)20/h12H,2-11H2,1H3,(H,19,20)(H2,16,17,21). The summed E-state index contributed by atoms with van der Waals surface area (Å²) in [5, 5.41) is 14.7. The van der Waals surface area contributed by atoms with Crippen LogP contribution in [0.1, 0.15) is 38.5 Å². The molecule has 1 atom stereocenters. The zero-order chi connectivity index (χ0) is 15.3. The van der Waals surface area contributed by atoms with Crippen LogP contribution in [-0.4, -0.2) is 55.2 Å². The molecule has 0 radical (unpaired) electrons. The maximum absolute atomic E-state index is 11.9. The lowest BCUT2D eigenvalue weighted by Crippen LogP contribution is -2.48. The first-order valence-electron chi connectivity index (χ1n) is 7.91. The van der Waals surface area contributed by atoms with E-state index in [1.165, 1.54) is 6.42 Å². The Morgan fingerprint density at radius 2 is 2.05 bits per heavy atom. The molecule has 2 aliphatic rings. The topological polar surface area (TPSA) is 81.7 Å². The Morgan fingerprint density at radius 3 is 2.62 bits per heavy atom. The van der Waals surface area contributed by atoms with Crippen LogP contribution in [0.2, 0.25) is 0 Å². The molecule has 3 N–H and O–H groups in total. The summed E-state index contributed by atoms with van der Waals surface area (Å²) in [4.78, 5) is 25.0. The Hall–Kier alpha value is -1.30. The van der Waals surface area contributed by atoms with Gasteiger partial charge in [-0.25, -0.2) is 4.79 Å². The summed E-state index contributed by atoms with van der Waals surface area (Å²) >= 11 is 0. The van der Waals surface area contributed by atoms with E-state index in [1.54, 1.807) is 0 Å². The maximum atomic E-state index is 11.9. The van der Waals surface area contributed by atoms with Crippen LogP contribution in [0, 0.1) is 11.3 Å². The summed E-state index contributed by atoms with van der Waals surface area (Å²) in [6.45, 7) is 3.33. The molecule has 0 spiro atoms. The van der Waals surface area contributed by atoms with Gasteiger partial charge in [0.25, 0.3) is 0 Å². The second-order valence-electron chi connectivity index (χ2n) is 6.76. The van der Waals surface area contributed by atoms with Crippen LogP contribution in [0.15, 0.2) is 0 Å². The minimum absolute atomic E-state index is 0.153. The summed E-state index contributed by atoms with van der Waals surface area (Å²) in [5.41, 5.74) is -0.214. The van der Waals surface area contributed by atoms with Crippen LogP contribution >= 0.6 is 0 Å². The van der Waals surface area contributed by atoms with Gasteiger partial charge in [0.1, 0.15) is 0 Å². The van der Waals surface area contributed by atoms with Crippen molar-refractivity contribution >= 4 is 12.0 Å². The van der Waals surface area contributed by atoms with Gasteiger partial charge in [0.2, 0.25) is 0 Å². The second kappa shape index (κ2) is 7.11. The molecule has 1 aliphatic carbocycles. The smallest absolute Gasteiger partial charge is 0.314 e. The van der Waals surface area contributed by atoms with Gasteiger partial charge in [-0.15, -0.1) is 0 Å². The van der Waals surface area contributed by atoms with Crippen molar-refractivity contribution in [3.8, 4) is 0 Å². The molecule has 0 bridgehead atoms. The fourth-order valence-corrected chi connectivity index (χ4v) is 3.42. The number of carbonyl (C=O) groups is 2. The number of amides is 2. The highest BCUT2D eigenvalue weighted by molar-refractivity contribution is 5.74. The van der Waals surface area contributed by atoms with Gasteiger partial charge in [-0.2, -0.15) is 0 Å². The number of nitrogens with zero attached hydrogens (tertiary/aromatic N) is 1. The van der Waals surface area contributed by atoms with E-state index in [1.807, 2.05) is 0 Å². The molecule has 1 aliphatic heterocycles. The SMILES string of the molecule is CN1CCCC(CNC(=O)NCC2(CC(=O)O)CCC2)C1. The van der Waals surface area contributed by atoms with Crippen LogP contribution in [0.5, 0.6) is 0 Å². The molecule has 6 heteroatoms. The van der Waals surface area contributed by atoms with Crippen molar-refractivity contribution in [2.45, 2.75) is 38.5 Å². The van der Waals surface area contributed by atoms with Gasteiger partial charge < -0.3 is 20.6 Å². The van der Waals surface area contributed by atoms with Crippen molar-refractivity contribution < 1.29 is 14.7 Å². The minimum Gasteiger partial charge on any atom is -0.481 e. The summed E-state index contributed by atoms with van der Waals surface area (Å²) in [7, 11) is 2.11. The van der Waals surface area contributed by atoms with Crippen LogP contribution in [-0.2, 0) is 4.79 Å². The van der Waals surface area contributed by atoms with Crippen molar-refractivity contribution in [3.05, 3.63) is 0 Å². The third-order valence-corrected chi connectivity index (χ3v) is 4.84. The molecule has 0 aromatic heterocycles. The molecule has 21 heavy (non-hydrogen) atoms. The molecule has 2 amide bonds. The number of piperidine rings is 1. The Morgan fingerprint density at radius 1 is 1.29 bits per heavy atom. The Kier molecular flexibility index (Phi) is 5.45. The van der Waals surface area contributed by atoms with Crippen molar-refractivity contribution in [3.63, 3.8) is 0 Å². The number of carbonyl (C=O) groups excluding carboxylic acids is 1. The number of likely N-dealkylation sites (tertiary alicyclic amines) is 1. The van der Waals surface area contributed by atoms with E-state index in [0.717, 1.165) is 38.8 Å². The molecule has 1 saturated carbocycles. The lowest BCUT2D eigenvalue weighted by Gasteiger charge is -2.40. The molecule has 1 heterocycles. The predicted octanol–water partition coefficient (Wildman–Crippen LogP) is 1.27. The highest BCUT2D eigenvalue weighted by Crippen LogP contribution is 2.43. The lowest BCUT2D eigenvalue weighted by molar-refractivity contribution is -0.141. The normalized spacial score (nSPS) is 24.9. The van der Waals surface area contributed by atoms with Crippen molar-refractivity contribution in [1.29, 1.82) is 0 Å². The van der Waals surface area contributed by atoms with E-state index in [4.69, 9.17) is 5.11 Å². The van der Waals surface area contributed by atoms with E-state index in [2.05, 4.69) is 22.6 Å². The highest BCUT2D eigenvalue weighted by atomic mass is 16.4. The van der Waals surface area contributed by atoms with Crippen LogP contribution in [0.25, 0.3) is 0 Å².